The number of aromatic hydroxyl groups is 1. The van der Waals surface area contributed by atoms with Crippen LogP contribution in [0, 0.1) is 0 Å². The molecule has 2 N–H and O–H groups in total. The van der Waals surface area contributed by atoms with Crippen molar-refractivity contribution in [2.24, 2.45) is 0 Å². The number of para-hydroxylation sites is 1. The number of nitrogens with zero attached hydrogens (tertiary/aromatic N) is 2. The Bertz CT molecular complexity index is 797. The van der Waals surface area contributed by atoms with Crippen LogP contribution >= 0.6 is 15.9 Å². The Labute approximate surface area is 142 Å². The van der Waals surface area contributed by atoms with Gasteiger partial charge in [-0.2, -0.15) is 5.10 Å². The van der Waals surface area contributed by atoms with Gasteiger partial charge in [-0.1, -0.05) is 34.1 Å². The number of aromatic nitrogens is 2. The van der Waals surface area contributed by atoms with Crippen molar-refractivity contribution in [2.45, 2.75) is 6.92 Å². The molecule has 0 spiro atoms. The van der Waals surface area contributed by atoms with Gasteiger partial charge in [-0.15, -0.1) is 0 Å². The molecule has 0 aliphatic heterocycles. The third-order valence-electron chi connectivity index (χ3n) is 2.88. The van der Waals surface area contributed by atoms with Gasteiger partial charge < -0.3 is 10.2 Å². The van der Waals surface area contributed by atoms with Gasteiger partial charge in [0.05, 0.1) is 17.6 Å². The monoisotopic (exact) mass is 374 g/mol. The zero-order chi connectivity index (χ0) is 16.8. The van der Waals surface area contributed by atoms with Gasteiger partial charge in [0.15, 0.2) is 0 Å². The summed E-state index contributed by atoms with van der Waals surface area (Å²) in [6.45, 7) is 1.08. The van der Waals surface area contributed by atoms with Gasteiger partial charge in [0.25, 0.3) is 5.97 Å². The summed E-state index contributed by atoms with van der Waals surface area (Å²) in [6.07, 6.45) is 1.72. The highest BCUT2D eigenvalue weighted by atomic mass is 79.9. The van der Waals surface area contributed by atoms with Crippen LogP contribution in [0.5, 0.6) is 5.75 Å². The van der Waals surface area contributed by atoms with E-state index in [2.05, 4.69) is 21.0 Å². The molecule has 0 saturated carbocycles. The minimum atomic E-state index is -0.833. The number of hydrogen-bond donors (Lipinski definition) is 2. The molecule has 6 heteroatoms. The topological polar surface area (TPSA) is 75.3 Å². The molecule has 0 amide bonds. The summed E-state index contributed by atoms with van der Waals surface area (Å²) in [5.74, 6) is -0.596. The van der Waals surface area contributed by atoms with Gasteiger partial charge >= 0.3 is 0 Å². The van der Waals surface area contributed by atoms with Gasteiger partial charge in [0.2, 0.25) is 0 Å². The van der Waals surface area contributed by atoms with E-state index in [9.17, 15) is 5.11 Å². The van der Waals surface area contributed by atoms with Crippen molar-refractivity contribution in [1.82, 2.24) is 9.78 Å². The molecule has 0 unspecified atom stereocenters. The predicted octanol–water partition coefficient (Wildman–Crippen LogP) is 4.10. The number of carbonyl (C=O) groups is 1. The van der Waals surface area contributed by atoms with E-state index >= 15 is 0 Å². The predicted molar refractivity (Wildman–Crippen MR) is 91.7 cm³/mol. The fourth-order valence-electron chi connectivity index (χ4n) is 2.00. The number of rotatable bonds is 2. The van der Waals surface area contributed by atoms with E-state index in [1.807, 2.05) is 53.2 Å². The largest absolute Gasteiger partial charge is 0.507 e. The number of phenolic OH excluding ortho intramolecular Hbond substituents is 1. The van der Waals surface area contributed by atoms with Gasteiger partial charge in [0.1, 0.15) is 5.75 Å². The molecular formula is C17H15BrN2O3. The van der Waals surface area contributed by atoms with Crippen LogP contribution in [0.25, 0.3) is 16.9 Å². The Hall–Kier alpha value is -2.60. The van der Waals surface area contributed by atoms with E-state index in [1.54, 1.807) is 12.3 Å². The number of benzene rings is 2. The second kappa shape index (κ2) is 7.60. The van der Waals surface area contributed by atoms with E-state index in [0.29, 0.717) is 0 Å². The molecule has 118 valence electrons. The molecule has 0 fully saturated rings. The Morgan fingerprint density at radius 1 is 1.13 bits per heavy atom. The Kier molecular flexibility index (Phi) is 5.54. The van der Waals surface area contributed by atoms with Gasteiger partial charge in [0, 0.05) is 17.0 Å². The molecule has 0 bridgehead atoms. The number of phenols is 1. The minimum Gasteiger partial charge on any atom is -0.507 e. The van der Waals surface area contributed by atoms with E-state index in [-0.39, 0.29) is 5.75 Å². The number of halogens is 1. The molecule has 0 atom stereocenters. The van der Waals surface area contributed by atoms with Gasteiger partial charge in [-0.25, -0.2) is 4.68 Å². The summed E-state index contributed by atoms with van der Waals surface area (Å²) >= 11 is 3.42. The summed E-state index contributed by atoms with van der Waals surface area (Å²) < 4.78 is 2.72. The molecule has 1 aromatic heterocycles. The zero-order valence-electron chi connectivity index (χ0n) is 12.3. The lowest BCUT2D eigenvalue weighted by Crippen LogP contribution is -1.98. The summed E-state index contributed by atoms with van der Waals surface area (Å²) in [7, 11) is 0. The van der Waals surface area contributed by atoms with E-state index < -0.39 is 5.97 Å². The second-order valence-electron chi connectivity index (χ2n) is 4.64. The highest BCUT2D eigenvalue weighted by Gasteiger charge is 2.11. The maximum Gasteiger partial charge on any atom is 0.300 e. The summed E-state index contributed by atoms with van der Waals surface area (Å²) in [5, 5.41) is 21.8. The van der Waals surface area contributed by atoms with E-state index in [0.717, 1.165) is 28.3 Å². The first-order valence-corrected chi connectivity index (χ1v) is 7.56. The third-order valence-corrected chi connectivity index (χ3v) is 3.37. The van der Waals surface area contributed by atoms with Crippen LogP contribution in [0.2, 0.25) is 0 Å². The van der Waals surface area contributed by atoms with E-state index in [4.69, 9.17) is 9.90 Å². The summed E-state index contributed by atoms with van der Waals surface area (Å²) in [6, 6.07) is 17.1. The number of carboxylic acids is 1. The average Bonchev–Trinajstić information content (AvgIpc) is 2.99. The van der Waals surface area contributed by atoms with Crippen LogP contribution in [0.15, 0.2) is 65.3 Å². The molecule has 0 aliphatic rings. The fourth-order valence-corrected chi connectivity index (χ4v) is 2.36. The van der Waals surface area contributed by atoms with Crippen LogP contribution in [0.1, 0.15) is 6.92 Å². The molecule has 0 aliphatic carbocycles. The molecule has 3 rings (SSSR count). The summed E-state index contributed by atoms with van der Waals surface area (Å²) in [4.78, 5) is 9.00. The van der Waals surface area contributed by atoms with Crippen molar-refractivity contribution in [2.75, 3.05) is 0 Å². The number of carboxylic acid groups (broad SMARTS) is 1. The molecular weight excluding hydrogens is 360 g/mol. The van der Waals surface area contributed by atoms with Crippen molar-refractivity contribution in [3.05, 3.63) is 65.3 Å². The average molecular weight is 375 g/mol. The molecule has 23 heavy (non-hydrogen) atoms. The second-order valence-corrected chi connectivity index (χ2v) is 5.56. The highest BCUT2D eigenvalue weighted by molar-refractivity contribution is 9.10. The maximum absolute atomic E-state index is 10.0. The van der Waals surface area contributed by atoms with Crippen molar-refractivity contribution in [3.63, 3.8) is 0 Å². The van der Waals surface area contributed by atoms with Crippen LogP contribution < -0.4 is 0 Å². The third kappa shape index (κ3) is 4.43. The van der Waals surface area contributed by atoms with Crippen molar-refractivity contribution in [1.29, 1.82) is 0 Å². The Balaban J connectivity index is 0.000000433. The Morgan fingerprint density at radius 2 is 1.78 bits per heavy atom. The lowest BCUT2D eigenvalue weighted by molar-refractivity contribution is -0.134. The lowest BCUT2D eigenvalue weighted by atomic mass is 10.1. The molecule has 3 aromatic rings. The van der Waals surface area contributed by atoms with Crippen molar-refractivity contribution < 1.29 is 15.0 Å². The SMILES string of the molecule is CC(=O)O.Oc1ccc(Br)cc1-c1ccnn1-c1ccccc1. The minimum absolute atomic E-state index is 0.237. The number of aliphatic carboxylic acids is 1. The quantitative estimate of drug-likeness (QED) is 0.707. The summed E-state index contributed by atoms with van der Waals surface area (Å²) in [5.41, 5.74) is 2.56. The fraction of sp³-hybridized carbons (Fsp3) is 0.0588. The number of hydrogen-bond acceptors (Lipinski definition) is 3. The van der Waals surface area contributed by atoms with E-state index in [1.165, 1.54) is 0 Å². The van der Waals surface area contributed by atoms with Crippen LogP contribution in [0.4, 0.5) is 0 Å². The first kappa shape index (κ1) is 16.8. The molecule has 0 radical (unpaired) electrons. The standard InChI is InChI=1S/C15H11BrN2O.C2H4O2/c16-11-6-7-15(19)13(10-11)14-8-9-17-18(14)12-4-2-1-3-5-12;1-2(3)4/h1-10,19H;1H3,(H,3,4). The van der Waals surface area contributed by atoms with Gasteiger partial charge in [-0.3, -0.25) is 4.79 Å². The normalized spacial score (nSPS) is 9.83. The Morgan fingerprint density at radius 3 is 2.43 bits per heavy atom. The van der Waals surface area contributed by atoms with Crippen molar-refractivity contribution >= 4 is 21.9 Å². The van der Waals surface area contributed by atoms with Crippen LogP contribution in [-0.2, 0) is 4.79 Å². The zero-order valence-corrected chi connectivity index (χ0v) is 13.9. The first-order chi connectivity index (χ1) is 11.0. The first-order valence-electron chi connectivity index (χ1n) is 6.77. The highest BCUT2D eigenvalue weighted by Crippen LogP contribution is 2.32. The smallest absolute Gasteiger partial charge is 0.300 e. The molecule has 5 nitrogen and oxygen atoms in total. The van der Waals surface area contributed by atoms with Crippen LogP contribution in [0.3, 0.4) is 0 Å². The molecule has 0 saturated heterocycles. The molecule has 1 heterocycles. The van der Waals surface area contributed by atoms with Crippen LogP contribution in [-0.4, -0.2) is 26.0 Å². The molecule has 2 aromatic carbocycles. The lowest BCUT2D eigenvalue weighted by Gasteiger charge is -2.09. The van der Waals surface area contributed by atoms with Crippen molar-refractivity contribution in [3.8, 4) is 22.7 Å². The van der Waals surface area contributed by atoms with Gasteiger partial charge in [-0.05, 0) is 36.4 Å². The maximum atomic E-state index is 10.0.